The van der Waals surface area contributed by atoms with E-state index in [1.165, 1.54) is 39.9 Å². The van der Waals surface area contributed by atoms with Gasteiger partial charge in [0.1, 0.15) is 5.00 Å². The van der Waals surface area contributed by atoms with E-state index in [2.05, 4.69) is 10.6 Å². The van der Waals surface area contributed by atoms with E-state index in [4.69, 9.17) is 5.11 Å². The standard InChI is InChI=1S/C37H37N3O8S2/c41-33(27-4-3-5-29(22-27)50(47,48)40-20-18-26(19-21-40)37(45)46)39-35-32(30-6-1-2-7-31(30)49-35)34(42)38-28-16-12-24(13-17-28)9-8-23-10-14-25(15-11-23)36(43)44/h3-5,10-17,22,26H,1-2,6-9,18-21H2,(H,38,42)(H,39,41)(H,43,44)(H,45,46). The van der Waals surface area contributed by atoms with E-state index in [0.717, 1.165) is 53.7 Å². The molecule has 1 aromatic heterocycles. The Kier molecular flexibility index (Phi) is 10.5. The number of sulfonamides is 1. The van der Waals surface area contributed by atoms with Gasteiger partial charge in [0.2, 0.25) is 10.0 Å². The van der Waals surface area contributed by atoms with Gasteiger partial charge in [-0.3, -0.25) is 14.4 Å². The van der Waals surface area contributed by atoms with Gasteiger partial charge >= 0.3 is 11.9 Å². The number of carboxylic acid groups (broad SMARTS) is 2. The number of rotatable bonds is 11. The van der Waals surface area contributed by atoms with E-state index in [1.54, 1.807) is 12.1 Å². The summed E-state index contributed by atoms with van der Waals surface area (Å²) in [4.78, 5) is 50.7. The van der Waals surface area contributed by atoms with Crippen LogP contribution < -0.4 is 10.6 Å². The number of hydrogen-bond donors (Lipinski definition) is 4. The molecular formula is C37H37N3O8S2. The van der Waals surface area contributed by atoms with E-state index >= 15 is 0 Å². The average Bonchev–Trinajstić information content (AvgIpc) is 3.49. The van der Waals surface area contributed by atoms with Gasteiger partial charge < -0.3 is 20.8 Å². The maximum absolute atomic E-state index is 13.8. The first-order valence-electron chi connectivity index (χ1n) is 16.5. The number of benzene rings is 3. The summed E-state index contributed by atoms with van der Waals surface area (Å²) in [6.07, 6.45) is 5.33. The van der Waals surface area contributed by atoms with Crippen LogP contribution >= 0.6 is 11.3 Å². The fourth-order valence-corrected chi connectivity index (χ4v) is 9.21. The fraction of sp³-hybridized carbons (Fsp3) is 0.297. The fourth-order valence-electron chi connectivity index (χ4n) is 6.41. The molecule has 4 aromatic rings. The highest BCUT2D eigenvalue weighted by Crippen LogP contribution is 2.39. The topological polar surface area (TPSA) is 170 Å². The molecule has 2 amide bonds. The Bertz CT molecular complexity index is 2030. The van der Waals surface area contributed by atoms with Crippen molar-refractivity contribution in [3.8, 4) is 0 Å². The zero-order valence-corrected chi connectivity index (χ0v) is 28.8. The van der Waals surface area contributed by atoms with Gasteiger partial charge in [-0.25, -0.2) is 13.2 Å². The molecule has 2 heterocycles. The van der Waals surface area contributed by atoms with Crippen LogP contribution in [-0.4, -0.2) is 59.8 Å². The lowest BCUT2D eigenvalue weighted by atomic mass is 9.95. The lowest BCUT2D eigenvalue weighted by Gasteiger charge is -2.29. The molecule has 0 unspecified atom stereocenters. The van der Waals surface area contributed by atoms with Crippen molar-refractivity contribution in [2.75, 3.05) is 23.7 Å². The molecule has 3 aromatic carbocycles. The van der Waals surface area contributed by atoms with Crippen molar-refractivity contribution in [1.29, 1.82) is 0 Å². The molecular weight excluding hydrogens is 679 g/mol. The Hall–Kier alpha value is -4.85. The Morgan fingerprint density at radius 3 is 2.06 bits per heavy atom. The van der Waals surface area contributed by atoms with Crippen LogP contribution in [0, 0.1) is 5.92 Å². The minimum atomic E-state index is -3.94. The molecule has 0 spiro atoms. The number of carbonyl (C=O) groups is 4. The normalized spacial score (nSPS) is 15.2. The highest BCUT2D eigenvalue weighted by Gasteiger charge is 2.33. The van der Waals surface area contributed by atoms with Crippen LogP contribution in [0.3, 0.4) is 0 Å². The first kappa shape index (κ1) is 35.0. The summed E-state index contributed by atoms with van der Waals surface area (Å²) in [5.74, 6) is -3.35. The largest absolute Gasteiger partial charge is 0.481 e. The van der Waals surface area contributed by atoms with Crippen molar-refractivity contribution in [3.05, 3.63) is 111 Å². The molecule has 6 rings (SSSR count). The van der Waals surface area contributed by atoms with E-state index in [0.29, 0.717) is 22.7 Å². The predicted octanol–water partition coefficient (Wildman–Crippen LogP) is 6.10. The van der Waals surface area contributed by atoms with Gasteiger partial charge in [-0.05, 0) is 111 Å². The summed E-state index contributed by atoms with van der Waals surface area (Å²) in [5, 5.41) is 24.7. The molecule has 1 aliphatic heterocycles. The summed E-state index contributed by atoms with van der Waals surface area (Å²) in [7, 11) is -3.94. The number of thiophene rings is 1. The van der Waals surface area contributed by atoms with Gasteiger partial charge in [0.15, 0.2) is 0 Å². The summed E-state index contributed by atoms with van der Waals surface area (Å²) in [6.45, 7) is 0.171. The van der Waals surface area contributed by atoms with Gasteiger partial charge in [-0.2, -0.15) is 4.31 Å². The molecule has 1 saturated heterocycles. The minimum Gasteiger partial charge on any atom is -0.481 e. The highest BCUT2D eigenvalue weighted by atomic mass is 32.2. The molecule has 1 aliphatic carbocycles. The van der Waals surface area contributed by atoms with Crippen LogP contribution in [0.1, 0.15) is 78.3 Å². The molecule has 0 radical (unpaired) electrons. The quantitative estimate of drug-likeness (QED) is 0.144. The first-order chi connectivity index (χ1) is 24.0. The number of aliphatic carboxylic acids is 1. The van der Waals surface area contributed by atoms with Crippen LogP contribution in [0.5, 0.6) is 0 Å². The predicted molar refractivity (Wildman–Crippen MR) is 190 cm³/mol. The number of aromatic carboxylic acids is 1. The molecule has 2 aliphatic rings. The van der Waals surface area contributed by atoms with Gasteiger partial charge in [0, 0.05) is 29.2 Å². The maximum atomic E-state index is 13.8. The molecule has 0 atom stereocenters. The minimum absolute atomic E-state index is 0.0538. The summed E-state index contributed by atoms with van der Waals surface area (Å²) in [5.41, 5.74) is 4.38. The van der Waals surface area contributed by atoms with Crippen LogP contribution in [0.25, 0.3) is 0 Å². The smallest absolute Gasteiger partial charge is 0.335 e. The lowest BCUT2D eigenvalue weighted by Crippen LogP contribution is -2.40. The van der Waals surface area contributed by atoms with E-state index in [-0.39, 0.29) is 47.9 Å². The number of nitrogens with zero attached hydrogens (tertiary/aromatic N) is 1. The zero-order chi connectivity index (χ0) is 35.4. The third-order valence-electron chi connectivity index (χ3n) is 9.28. The third kappa shape index (κ3) is 7.80. The Morgan fingerprint density at radius 1 is 0.780 bits per heavy atom. The molecule has 11 nitrogen and oxygen atoms in total. The number of amides is 2. The number of nitrogens with one attached hydrogen (secondary N) is 2. The van der Waals surface area contributed by atoms with E-state index < -0.39 is 33.8 Å². The summed E-state index contributed by atoms with van der Waals surface area (Å²) >= 11 is 1.37. The first-order valence-corrected chi connectivity index (χ1v) is 18.8. The average molecular weight is 716 g/mol. The number of hydrogen-bond acceptors (Lipinski definition) is 7. The van der Waals surface area contributed by atoms with Crippen LogP contribution in [-0.2, 0) is 40.5 Å². The third-order valence-corrected chi connectivity index (χ3v) is 12.4. The SMILES string of the molecule is O=C(O)c1ccc(CCc2ccc(NC(=O)c3c(NC(=O)c4cccc(S(=O)(=O)N5CCC(C(=O)O)CC5)c4)sc4c3CCCC4)cc2)cc1. The molecule has 50 heavy (non-hydrogen) atoms. The number of aryl methyl sites for hydroxylation is 3. The maximum Gasteiger partial charge on any atom is 0.335 e. The molecule has 13 heteroatoms. The monoisotopic (exact) mass is 715 g/mol. The van der Waals surface area contributed by atoms with Crippen molar-refractivity contribution in [2.24, 2.45) is 5.92 Å². The van der Waals surface area contributed by atoms with Crippen LogP contribution in [0.2, 0.25) is 0 Å². The van der Waals surface area contributed by atoms with Gasteiger partial charge in [-0.1, -0.05) is 30.3 Å². The van der Waals surface area contributed by atoms with E-state index in [9.17, 15) is 32.7 Å². The van der Waals surface area contributed by atoms with Crippen molar-refractivity contribution in [2.45, 2.75) is 56.3 Å². The molecule has 0 bridgehead atoms. The summed E-state index contributed by atoms with van der Waals surface area (Å²) < 4.78 is 28.0. The Balaban J connectivity index is 1.14. The second-order valence-corrected chi connectivity index (χ2v) is 15.6. The van der Waals surface area contributed by atoms with Crippen molar-refractivity contribution in [3.63, 3.8) is 0 Å². The molecule has 4 N–H and O–H groups in total. The molecule has 260 valence electrons. The zero-order valence-electron chi connectivity index (χ0n) is 27.2. The van der Waals surface area contributed by atoms with Crippen molar-refractivity contribution < 1.29 is 37.8 Å². The number of anilines is 2. The van der Waals surface area contributed by atoms with Gasteiger partial charge in [-0.15, -0.1) is 11.3 Å². The van der Waals surface area contributed by atoms with E-state index in [1.807, 2.05) is 36.4 Å². The van der Waals surface area contributed by atoms with Crippen molar-refractivity contribution >= 4 is 55.8 Å². The summed E-state index contributed by atoms with van der Waals surface area (Å²) in [6, 6.07) is 20.1. The van der Waals surface area contributed by atoms with Crippen LogP contribution in [0.15, 0.2) is 77.7 Å². The van der Waals surface area contributed by atoms with Crippen LogP contribution in [0.4, 0.5) is 10.7 Å². The Labute approximate surface area is 294 Å². The highest BCUT2D eigenvalue weighted by molar-refractivity contribution is 7.89. The number of carbonyl (C=O) groups excluding carboxylic acids is 2. The second kappa shape index (κ2) is 15.0. The van der Waals surface area contributed by atoms with Crippen molar-refractivity contribution in [1.82, 2.24) is 4.31 Å². The number of carboxylic acids is 2. The lowest BCUT2D eigenvalue weighted by molar-refractivity contribution is -0.142. The Morgan fingerprint density at radius 2 is 1.42 bits per heavy atom. The van der Waals surface area contributed by atoms with Gasteiger partial charge in [0.05, 0.1) is 21.9 Å². The molecule has 1 fully saturated rings. The number of fused-ring (bicyclic) bond motifs is 1. The van der Waals surface area contributed by atoms with Gasteiger partial charge in [0.25, 0.3) is 11.8 Å². The number of piperidine rings is 1. The second-order valence-electron chi connectivity index (χ2n) is 12.6. The molecule has 0 saturated carbocycles.